The van der Waals surface area contributed by atoms with E-state index in [0.717, 1.165) is 56.3 Å². The first-order chi connectivity index (χ1) is 16.4. The van der Waals surface area contributed by atoms with Crippen LogP contribution in [-0.4, -0.2) is 56.0 Å². The van der Waals surface area contributed by atoms with Crippen LogP contribution in [-0.2, 0) is 22.4 Å². The third-order valence-corrected chi connectivity index (χ3v) is 6.63. The average molecular weight is 472 g/mol. The molecule has 0 aromatic heterocycles. The number of piperidine rings is 1. The van der Waals surface area contributed by atoms with E-state index in [1.54, 1.807) is 12.0 Å². The Kier molecular flexibility index (Phi) is 7.77. The first-order valence-electron chi connectivity index (χ1n) is 11.9. The van der Waals surface area contributed by atoms with Crippen molar-refractivity contribution in [2.75, 3.05) is 38.2 Å². The van der Waals surface area contributed by atoms with Gasteiger partial charge in [0.05, 0.1) is 13.5 Å². The number of likely N-dealkylation sites (tertiary alicyclic amines) is 1. The van der Waals surface area contributed by atoms with Gasteiger partial charge < -0.3 is 19.9 Å². The predicted molar refractivity (Wildman–Crippen MR) is 126 cm³/mol. The number of hydrogen-bond donors (Lipinski definition) is 1. The minimum atomic E-state index is -0.922. The molecule has 0 atom stereocenters. The summed E-state index contributed by atoms with van der Waals surface area (Å²) in [5.41, 5.74) is 2.10. The lowest BCUT2D eigenvalue weighted by atomic mass is 10.0. The number of fused-ring (bicyclic) bond motifs is 1. The van der Waals surface area contributed by atoms with Gasteiger partial charge in [0, 0.05) is 43.9 Å². The van der Waals surface area contributed by atoms with Gasteiger partial charge >= 0.3 is 0 Å². The third-order valence-electron chi connectivity index (χ3n) is 6.63. The maximum absolute atomic E-state index is 13.7. The van der Waals surface area contributed by atoms with E-state index in [2.05, 4.69) is 10.2 Å². The maximum Gasteiger partial charge on any atom is 0.227 e. The molecule has 0 unspecified atom stereocenters. The normalized spacial score (nSPS) is 16.9. The van der Waals surface area contributed by atoms with Crippen LogP contribution in [0.4, 0.5) is 14.5 Å². The number of benzene rings is 2. The fraction of sp³-hybridized carbons (Fsp3) is 0.462. The van der Waals surface area contributed by atoms with E-state index in [1.807, 2.05) is 24.3 Å². The summed E-state index contributed by atoms with van der Waals surface area (Å²) < 4.78 is 32.5. The largest absolute Gasteiger partial charge is 0.497 e. The Labute approximate surface area is 198 Å². The zero-order chi connectivity index (χ0) is 24.1. The van der Waals surface area contributed by atoms with Crippen LogP contribution in [0.2, 0.25) is 0 Å². The fourth-order valence-electron chi connectivity index (χ4n) is 4.78. The van der Waals surface area contributed by atoms with Crippen molar-refractivity contribution in [2.24, 2.45) is 0 Å². The highest BCUT2D eigenvalue weighted by molar-refractivity contribution is 5.96. The fourth-order valence-corrected chi connectivity index (χ4v) is 4.78. The second kappa shape index (κ2) is 11.0. The predicted octanol–water partition coefficient (Wildman–Crippen LogP) is 3.47. The molecule has 8 heteroatoms. The molecule has 1 saturated heterocycles. The first-order valence-corrected chi connectivity index (χ1v) is 11.9. The molecule has 0 radical (unpaired) electrons. The van der Waals surface area contributed by atoms with Crippen molar-refractivity contribution in [3.63, 3.8) is 0 Å². The van der Waals surface area contributed by atoms with Gasteiger partial charge in [-0.05, 0) is 61.6 Å². The number of rotatable bonds is 8. The van der Waals surface area contributed by atoms with Crippen molar-refractivity contribution in [3.8, 4) is 5.75 Å². The molecule has 1 N–H and O–H groups in total. The lowest BCUT2D eigenvalue weighted by Crippen LogP contribution is -2.45. The Hall–Kier alpha value is -3.00. The molecule has 2 aromatic carbocycles. The van der Waals surface area contributed by atoms with Gasteiger partial charge in [-0.25, -0.2) is 8.78 Å². The molecule has 6 nitrogen and oxygen atoms in total. The number of halogens is 2. The number of amides is 2. The topological polar surface area (TPSA) is 61.9 Å². The molecule has 0 aliphatic carbocycles. The van der Waals surface area contributed by atoms with Crippen molar-refractivity contribution in [1.29, 1.82) is 0 Å². The molecule has 2 heterocycles. The minimum absolute atomic E-state index is 0.0117. The second-order valence-corrected chi connectivity index (χ2v) is 9.01. The van der Waals surface area contributed by atoms with Gasteiger partial charge in [-0.2, -0.15) is 0 Å². The van der Waals surface area contributed by atoms with Crippen LogP contribution < -0.4 is 15.0 Å². The molecular weight excluding hydrogens is 440 g/mol. The molecule has 2 aliphatic heterocycles. The van der Waals surface area contributed by atoms with E-state index in [-0.39, 0.29) is 17.9 Å². The molecule has 4 rings (SSSR count). The monoisotopic (exact) mass is 471 g/mol. The Bertz CT molecular complexity index is 1040. The quantitative estimate of drug-likeness (QED) is 0.641. The van der Waals surface area contributed by atoms with E-state index in [0.29, 0.717) is 37.1 Å². The Morgan fingerprint density at radius 2 is 1.85 bits per heavy atom. The summed E-state index contributed by atoms with van der Waals surface area (Å²) in [6.45, 7) is 3.03. The van der Waals surface area contributed by atoms with Gasteiger partial charge in [-0.15, -0.1) is 0 Å². The lowest BCUT2D eigenvalue weighted by molar-refractivity contribution is -0.121. The van der Waals surface area contributed by atoms with Gasteiger partial charge in [0.1, 0.15) is 5.75 Å². The highest BCUT2D eigenvalue weighted by Crippen LogP contribution is 2.30. The number of aryl methyl sites for hydroxylation is 1. The molecule has 2 aliphatic rings. The molecule has 2 aromatic rings. The van der Waals surface area contributed by atoms with Gasteiger partial charge in [0.25, 0.3) is 0 Å². The van der Waals surface area contributed by atoms with Crippen molar-refractivity contribution < 1.29 is 23.1 Å². The zero-order valence-corrected chi connectivity index (χ0v) is 19.5. The summed E-state index contributed by atoms with van der Waals surface area (Å²) >= 11 is 0. The summed E-state index contributed by atoms with van der Waals surface area (Å²) in [6.07, 6.45) is 3.59. The summed E-state index contributed by atoms with van der Waals surface area (Å²) in [6, 6.07) is 10.0. The van der Waals surface area contributed by atoms with Crippen LogP contribution in [0, 0.1) is 11.6 Å². The van der Waals surface area contributed by atoms with Crippen LogP contribution in [0.3, 0.4) is 0 Å². The smallest absolute Gasteiger partial charge is 0.227 e. The molecule has 34 heavy (non-hydrogen) atoms. The highest BCUT2D eigenvalue weighted by atomic mass is 19.2. The number of nitrogens with zero attached hydrogens (tertiary/aromatic N) is 2. The Morgan fingerprint density at radius 1 is 1.09 bits per heavy atom. The number of methoxy groups -OCH3 is 1. The average Bonchev–Trinajstić information content (AvgIpc) is 2.83. The van der Waals surface area contributed by atoms with Crippen molar-refractivity contribution in [2.45, 2.75) is 44.6 Å². The van der Waals surface area contributed by atoms with Crippen LogP contribution in [0.5, 0.6) is 5.75 Å². The van der Waals surface area contributed by atoms with Crippen LogP contribution in [0.25, 0.3) is 0 Å². The van der Waals surface area contributed by atoms with E-state index in [1.165, 1.54) is 6.07 Å². The van der Waals surface area contributed by atoms with Crippen molar-refractivity contribution in [3.05, 3.63) is 59.2 Å². The molecular formula is C26H31F2N3O3. The lowest BCUT2D eigenvalue weighted by Gasteiger charge is -2.34. The van der Waals surface area contributed by atoms with E-state index in [9.17, 15) is 18.4 Å². The summed E-state index contributed by atoms with van der Waals surface area (Å²) in [4.78, 5) is 28.7. The Balaban J connectivity index is 1.20. The number of nitrogens with one attached hydrogen (secondary N) is 1. The van der Waals surface area contributed by atoms with Gasteiger partial charge in [-0.1, -0.05) is 12.1 Å². The van der Waals surface area contributed by atoms with Crippen LogP contribution in [0.1, 0.15) is 36.8 Å². The van der Waals surface area contributed by atoms with E-state index < -0.39 is 11.6 Å². The molecule has 2 amide bonds. The highest BCUT2D eigenvalue weighted by Gasteiger charge is 2.26. The number of hydrogen-bond acceptors (Lipinski definition) is 4. The van der Waals surface area contributed by atoms with E-state index >= 15 is 0 Å². The van der Waals surface area contributed by atoms with Crippen LogP contribution >= 0.6 is 0 Å². The molecule has 0 saturated carbocycles. The second-order valence-electron chi connectivity index (χ2n) is 9.01. The number of carbonyl (C=O) groups is 2. The van der Waals surface area contributed by atoms with E-state index in [4.69, 9.17) is 4.74 Å². The first kappa shape index (κ1) is 24.1. The number of ether oxygens (including phenoxy) is 1. The van der Waals surface area contributed by atoms with Gasteiger partial charge in [0.2, 0.25) is 11.8 Å². The summed E-state index contributed by atoms with van der Waals surface area (Å²) in [5.74, 6) is -1.08. The van der Waals surface area contributed by atoms with Crippen molar-refractivity contribution in [1.82, 2.24) is 10.2 Å². The van der Waals surface area contributed by atoms with Crippen molar-refractivity contribution >= 4 is 17.5 Å². The third kappa shape index (κ3) is 5.91. The maximum atomic E-state index is 13.7. The van der Waals surface area contributed by atoms with Crippen LogP contribution in [0.15, 0.2) is 36.4 Å². The minimum Gasteiger partial charge on any atom is -0.497 e. The standard InChI is InChI=1S/C26H31F2N3O3/c1-34-21-5-2-4-18(14-21)15-25(32)29-20-8-12-30(13-9-20)10-3-11-31-24-17-23(28)22(27)16-19(24)6-7-26(31)33/h2,4-5,14,16-17,20H,3,6-13,15H2,1H3,(H,29,32). The number of carbonyl (C=O) groups excluding carboxylic acids is 2. The molecule has 182 valence electrons. The molecule has 1 fully saturated rings. The summed E-state index contributed by atoms with van der Waals surface area (Å²) in [5, 5.41) is 3.13. The molecule has 0 bridgehead atoms. The van der Waals surface area contributed by atoms with Gasteiger partial charge in [-0.3, -0.25) is 9.59 Å². The van der Waals surface area contributed by atoms with Gasteiger partial charge in [0.15, 0.2) is 11.6 Å². The number of anilines is 1. The summed E-state index contributed by atoms with van der Waals surface area (Å²) in [7, 11) is 1.61. The SMILES string of the molecule is COc1cccc(CC(=O)NC2CCN(CCCN3C(=O)CCc4cc(F)c(F)cc43)CC2)c1. The Morgan fingerprint density at radius 3 is 2.62 bits per heavy atom. The molecule has 0 spiro atoms. The zero-order valence-electron chi connectivity index (χ0n) is 19.5.